The first-order valence-electron chi connectivity index (χ1n) is 6.87. The van der Waals surface area contributed by atoms with Crippen LogP contribution in [-0.2, 0) is 0 Å². The van der Waals surface area contributed by atoms with Crippen LogP contribution in [0, 0.1) is 31.0 Å². The Bertz CT molecular complexity index is 712. The van der Waals surface area contributed by atoms with E-state index in [0.29, 0.717) is 17.9 Å². The van der Waals surface area contributed by atoms with Crippen LogP contribution in [-0.4, -0.2) is 30.4 Å². The van der Waals surface area contributed by atoms with Crippen LogP contribution in [0.25, 0.3) is 0 Å². The number of anilines is 1. The molecule has 0 atom stereocenters. The van der Waals surface area contributed by atoms with Crippen molar-refractivity contribution in [1.82, 2.24) is 10.2 Å². The van der Waals surface area contributed by atoms with Crippen molar-refractivity contribution < 1.29 is 9.13 Å². The molecule has 2 rings (SSSR count). The summed E-state index contributed by atoms with van der Waals surface area (Å²) in [5, 5.41) is 17.4. The molecule has 0 aliphatic carbocycles. The third-order valence-electron chi connectivity index (χ3n) is 3.43. The van der Waals surface area contributed by atoms with Gasteiger partial charge in [-0.05, 0) is 31.5 Å². The van der Waals surface area contributed by atoms with Gasteiger partial charge in [-0.2, -0.15) is 10.4 Å². The van der Waals surface area contributed by atoms with Gasteiger partial charge in [0.05, 0.1) is 12.2 Å². The first-order valence-corrected chi connectivity index (χ1v) is 6.87. The Labute approximate surface area is 129 Å². The number of aryl methyl sites for hydroxylation is 1. The number of hydrogen-bond acceptors (Lipinski definition) is 5. The number of hydrogen-bond donors (Lipinski definition) is 0. The molecular weight excluding hydrogens is 283 g/mol. The SMILES string of the molecule is Cc1nnc(N(C)CCOc2ccccc2F)c(C#N)c1C. The lowest BCUT2D eigenvalue weighted by molar-refractivity contribution is 0.309. The van der Waals surface area contributed by atoms with E-state index in [1.54, 1.807) is 30.1 Å². The molecule has 1 aromatic carbocycles. The van der Waals surface area contributed by atoms with Crippen LogP contribution < -0.4 is 9.64 Å². The van der Waals surface area contributed by atoms with Gasteiger partial charge < -0.3 is 9.64 Å². The summed E-state index contributed by atoms with van der Waals surface area (Å²) in [5.41, 5.74) is 2.05. The van der Waals surface area contributed by atoms with Gasteiger partial charge in [0.2, 0.25) is 0 Å². The number of para-hydroxylation sites is 1. The van der Waals surface area contributed by atoms with Gasteiger partial charge in [-0.3, -0.25) is 0 Å². The van der Waals surface area contributed by atoms with Gasteiger partial charge in [0.15, 0.2) is 17.4 Å². The second-order valence-electron chi connectivity index (χ2n) is 4.92. The summed E-state index contributed by atoms with van der Waals surface area (Å²) in [6.07, 6.45) is 0. The zero-order valence-corrected chi connectivity index (χ0v) is 12.8. The highest BCUT2D eigenvalue weighted by molar-refractivity contribution is 5.57. The number of likely N-dealkylation sites (N-methyl/N-ethyl adjacent to an activating group) is 1. The maximum Gasteiger partial charge on any atom is 0.169 e. The molecule has 0 aliphatic rings. The quantitative estimate of drug-likeness (QED) is 0.849. The lowest BCUT2D eigenvalue weighted by Crippen LogP contribution is -2.26. The Balaban J connectivity index is 2.05. The van der Waals surface area contributed by atoms with Crippen LogP contribution in [0.1, 0.15) is 16.8 Å². The van der Waals surface area contributed by atoms with E-state index in [4.69, 9.17) is 4.74 Å². The third kappa shape index (κ3) is 3.31. The zero-order chi connectivity index (χ0) is 16.1. The van der Waals surface area contributed by atoms with Gasteiger partial charge >= 0.3 is 0 Å². The molecule has 0 radical (unpaired) electrons. The lowest BCUT2D eigenvalue weighted by Gasteiger charge is -2.20. The minimum atomic E-state index is -0.395. The van der Waals surface area contributed by atoms with Crippen molar-refractivity contribution >= 4 is 5.82 Å². The highest BCUT2D eigenvalue weighted by Gasteiger charge is 2.14. The Morgan fingerprint density at radius 2 is 2.00 bits per heavy atom. The number of rotatable bonds is 5. The third-order valence-corrected chi connectivity index (χ3v) is 3.43. The minimum absolute atomic E-state index is 0.211. The van der Waals surface area contributed by atoms with Gasteiger partial charge in [0.1, 0.15) is 18.2 Å². The number of nitriles is 1. The molecule has 114 valence electrons. The summed E-state index contributed by atoms with van der Waals surface area (Å²) in [5.74, 6) is 0.319. The number of ether oxygens (including phenoxy) is 1. The highest BCUT2D eigenvalue weighted by atomic mass is 19.1. The first kappa shape index (κ1) is 15.7. The molecule has 0 saturated carbocycles. The van der Waals surface area contributed by atoms with Crippen LogP contribution in [0.15, 0.2) is 24.3 Å². The van der Waals surface area contributed by atoms with Gasteiger partial charge in [-0.1, -0.05) is 12.1 Å². The van der Waals surface area contributed by atoms with Crippen molar-refractivity contribution in [3.8, 4) is 11.8 Å². The minimum Gasteiger partial charge on any atom is -0.489 e. The fourth-order valence-electron chi connectivity index (χ4n) is 1.96. The Morgan fingerprint density at radius 3 is 2.68 bits per heavy atom. The summed E-state index contributed by atoms with van der Waals surface area (Å²) in [4.78, 5) is 1.78. The van der Waals surface area contributed by atoms with Crippen molar-refractivity contribution in [2.75, 3.05) is 25.1 Å². The van der Waals surface area contributed by atoms with Crippen molar-refractivity contribution in [3.63, 3.8) is 0 Å². The predicted octanol–water partition coefficient (Wildman–Crippen LogP) is 2.62. The van der Waals surface area contributed by atoms with Crippen molar-refractivity contribution in [2.24, 2.45) is 0 Å². The van der Waals surface area contributed by atoms with Crippen molar-refractivity contribution in [3.05, 3.63) is 46.9 Å². The fraction of sp³-hybridized carbons (Fsp3) is 0.312. The number of benzene rings is 1. The fourth-order valence-corrected chi connectivity index (χ4v) is 1.96. The van der Waals surface area contributed by atoms with E-state index < -0.39 is 5.82 Å². The van der Waals surface area contributed by atoms with E-state index in [2.05, 4.69) is 16.3 Å². The normalized spacial score (nSPS) is 10.1. The van der Waals surface area contributed by atoms with E-state index in [1.807, 2.05) is 13.8 Å². The second kappa shape index (κ2) is 6.85. The summed E-state index contributed by atoms with van der Waals surface area (Å²) >= 11 is 0. The van der Waals surface area contributed by atoms with Crippen LogP contribution >= 0.6 is 0 Å². The largest absolute Gasteiger partial charge is 0.489 e. The number of aromatic nitrogens is 2. The average Bonchev–Trinajstić information content (AvgIpc) is 2.51. The summed E-state index contributed by atoms with van der Waals surface area (Å²) < 4.78 is 18.9. The van der Waals surface area contributed by atoms with E-state index in [1.165, 1.54) is 6.07 Å². The van der Waals surface area contributed by atoms with E-state index in [-0.39, 0.29) is 12.4 Å². The first-order chi connectivity index (χ1) is 10.5. The summed E-state index contributed by atoms with van der Waals surface area (Å²) in [7, 11) is 1.80. The summed E-state index contributed by atoms with van der Waals surface area (Å²) in [6.45, 7) is 4.39. The van der Waals surface area contributed by atoms with Crippen molar-refractivity contribution in [1.29, 1.82) is 5.26 Å². The molecule has 0 aliphatic heterocycles. The molecule has 0 fully saturated rings. The van der Waals surface area contributed by atoms with Crippen molar-refractivity contribution in [2.45, 2.75) is 13.8 Å². The van der Waals surface area contributed by atoms with E-state index in [0.717, 1.165) is 11.3 Å². The molecule has 0 unspecified atom stereocenters. The van der Waals surface area contributed by atoms with Gasteiger partial charge in [-0.15, -0.1) is 5.10 Å². The molecule has 0 bridgehead atoms. The van der Waals surface area contributed by atoms with E-state index in [9.17, 15) is 9.65 Å². The van der Waals surface area contributed by atoms with Gasteiger partial charge in [0.25, 0.3) is 0 Å². The highest BCUT2D eigenvalue weighted by Crippen LogP contribution is 2.20. The standard InChI is InChI=1S/C16H17FN4O/c1-11-12(2)19-20-16(13(11)10-18)21(3)8-9-22-15-7-5-4-6-14(15)17/h4-7H,8-9H2,1-3H3. The second-order valence-corrected chi connectivity index (χ2v) is 4.92. The number of halogens is 1. The molecule has 1 aromatic heterocycles. The molecule has 0 spiro atoms. The maximum absolute atomic E-state index is 13.4. The monoisotopic (exact) mass is 300 g/mol. The predicted molar refractivity (Wildman–Crippen MR) is 81.4 cm³/mol. The molecular formula is C16H17FN4O. The smallest absolute Gasteiger partial charge is 0.169 e. The molecule has 0 saturated heterocycles. The van der Waals surface area contributed by atoms with Crippen LogP contribution in [0.4, 0.5) is 10.2 Å². The summed E-state index contributed by atoms with van der Waals surface area (Å²) in [6, 6.07) is 8.40. The lowest BCUT2D eigenvalue weighted by atomic mass is 10.1. The molecule has 2 aromatic rings. The molecule has 0 amide bonds. The van der Waals surface area contributed by atoms with Gasteiger partial charge in [0, 0.05) is 7.05 Å². The van der Waals surface area contributed by atoms with Gasteiger partial charge in [-0.25, -0.2) is 4.39 Å². The molecule has 1 heterocycles. The maximum atomic E-state index is 13.4. The van der Waals surface area contributed by atoms with E-state index >= 15 is 0 Å². The zero-order valence-electron chi connectivity index (χ0n) is 12.8. The molecule has 0 N–H and O–H groups in total. The van der Waals surface area contributed by atoms with Crippen LogP contribution in [0.5, 0.6) is 5.75 Å². The topological polar surface area (TPSA) is 62.0 Å². The average molecular weight is 300 g/mol. The number of nitrogens with zero attached hydrogens (tertiary/aromatic N) is 4. The van der Waals surface area contributed by atoms with Crippen LogP contribution in [0.3, 0.4) is 0 Å². The van der Waals surface area contributed by atoms with Crippen LogP contribution in [0.2, 0.25) is 0 Å². The molecule has 6 heteroatoms. The Morgan fingerprint density at radius 1 is 1.27 bits per heavy atom. The Hall–Kier alpha value is -2.68. The Kier molecular flexibility index (Phi) is 4.89. The molecule has 5 nitrogen and oxygen atoms in total. The molecule has 22 heavy (non-hydrogen) atoms.